The number of halogens is 2. The largest absolute Gasteiger partial charge is 0.339 e. The van der Waals surface area contributed by atoms with Crippen molar-refractivity contribution in [1.82, 2.24) is 10.1 Å². The van der Waals surface area contributed by atoms with Crippen LogP contribution in [0.4, 0.5) is 0 Å². The van der Waals surface area contributed by atoms with Crippen LogP contribution in [0.25, 0.3) is 0 Å². The van der Waals surface area contributed by atoms with Crippen LogP contribution in [0.15, 0.2) is 33.3 Å². The van der Waals surface area contributed by atoms with Crippen LogP contribution in [0.3, 0.4) is 0 Å². The van der Waals surface area contributed by atoms with Crippen LogP contribution in [0.5, 0.6) is 0 Å². The fourth-order valence-electron chi connectivity index (χ4n) is 1.51. The maximum atomic E-state index is 5.61. The third-order valence-electron chi connectivity index (χ3n) is 2.29. The third kappa shape index (κ3) is 3.82. The summed E-state index contributed by atoms with van der Waals surface area (Å²) in [4.78, 5) is 4.32. The molecule has 2 aromatic rings. The lowest BCUT2D eigenvalue weighted by molar-refractivity contribution is 0.373. The molecule has 17 heavy (non-hydrogen) atoms. The van der Waals surface area contributed by atoms with Gasteiger partial charge in [0.25, 0.3) is 0 Å². The van der Waals surface area contributed by atoms with Gasteiger partial charge < -0.3 is 4.52 Å². The van der Waals surface area contributed by atoms with Gasteiger partial charge >= 0.3 is 0 Å². The minimum atomic E-state index is 0.614. The van der Waals surface area contributed by atoms with Gasteiger partial charge in [-0.25, -0.2) is 0 Å². The lowest BCUT2D eigenvalue weighted by Crippen LogP contribution is -1.92. The van der Waals surface area contributed by atoms with Crippen LogP contribution in [-0.4, -0.2) is 16.0 Å². The Morgan fingerprint density at radius 1 is 1.35 bits per heavy atom. The zero-order valence-corrected chi connectivity index (χ0v) is 11.5. The molecule has 90 valence electrons. The number of rotatable bonds is 5. The number of aryl methyl sites for hydroxylation is 1. The van der Waals surface area contributed by atoms with Crippen molar-refractivity contribution in [2.75, 3.05) is 5.88 Å². The molecule has 0 N–H and O–H groups in total. The second-order valence-corrected chi connectivity index (χ2v) is 5.00. The number of aromatic nitrogens is 2. The SMILES string of the molecule is ClCCCc1nc(Cc2cccc(Br)c2)no1. The first kappa shape index (κ1) is 12.6. The summed E-state index contributed by atoms with van der Waals surface area (Å²) < 4.78 is 6.19. The van der Waals surface area contributed by atoms with Crippen LogP contribution in [-0.2, 0) is 12.8 Å². The molecule has 0 atom stereocenters. The number of alkyl halides is 1. The lowest BCUT2D eigenvalue weighted by atomic mass is 10.1. The summed E-state index contributed by atoms with van der Waals surface area (Å²) in [5.74, 6) is 1.99. The van der Waals surface area contributed by atoms with E-state index in [0.29, 0.717) is 24.0 Å². The molecule has 0 aliphatic rings. The van der Waals surface area contributed by atoms with Crippen molar-refractivity contribution < 1.29 is 4.52 Å². The van der Waals surface area contributed by atoms with E-state index >= 15 is 0 Å². The second kappa shape index (κ2) is 6.17. The first-order valence-corrected chi connectivity index (χ1v) is 6.72. The van der Waals surface area contributed by atoms with Crippen LogP contribution in [0.1, 0.15) is 23.7 Å². The van der Waals surface area contributed by atoms with E-state index < -0.39 is 0 Å². The minimum absolute atomic E-state index is 0.614. The highest BCUT2D eigenvalue weighted by atomic mass is 79.9. The second-order valence-electron chi connectivity index (χ2n) is 3.70. The normalized spacial score (nSPS) is 10.7. The summed E-state index contributed by atoms with van der Waals surface area (Å²) in [7, 11) is 0. The Hall–Kier alpha value is -0.870. The summed E-state index contributed by atoms with van der Waals surface area (Å²) in [5.41, 5.74) is 1.16. The van der Waals surface area contributed by atoms with Crippen molar-refractivity contribution in [3.63, 3.8) is 0 Å². The molecule has 0 saturated carbocycles. The molecule has 2 rings (SSSR count). The highest BCUT2D eigenvalue weighted by Crippen LogP contribution is 2.14. The van der Waals surface area contributed by atoms with Crippen molar-refractivity contribution >= 4 is 27.5 Å². The van der Waals surface area contributed by atoms with Crippen molar-refractivity contribution in [3.05, 3.63) is 46.0 Å². The first-order chi connectivity index (χ1) is 8.28. The minimum Gasteiger partial charge on any atom is -0.339 e. The first-order valence-electron chi connectivity index (χ1n) is 5.40. The standard InChI is InChI=1S/C12H12BrClN2O/c13-10-4-1-3-9(7-10)8-11-15-12(17-16-11)5-2-6-14/h1,3-4,7H,2,5-6,8H2. The average Bonchev–Trinajstić information content (AvgIpc) is 2.74. The third-order valence-corrected chi connectivity index (χ3v) is 3.05. The Morgan fingerprint density at radius 3 is 3.00 bits per heavy atom. The monoisotopic (exact) mass is 314 g/mol. The van der Waals surface area contributed by atoms with E-state index in [1.165, 1.54) is 0 Å². The predicted molar refractivity (Wildman–Crippen MR) is 70.3 cm³/mol. The Morgan fingerprint density at radius 2 is 2.24 bits per heavy atom. The fraction of sp³-hybridized carbons (Fsp3) is 0.333. The molecule has 0 saturated heterocycles. The van der Waals surface area contributed by atoms with E-state index in [1.54, 1.807) is 0 Å². The Bertz CT molecular complexity index is 487. The van der Waals surface area contributed by atoms with Crippen molar-refractivity contribution in [1.29, 1.82) is 0 Å². The summed E-state index contributed by atoms with van der Waals surface area (Å²) in [6, 6.07) is 8.08. The van der Waals surface area contributed by atoms with Crippen LogP contribution < -0.4 is 0 Å². The van der Waals surface area contributed by atoms with Gasteiger partial charge in [0.15, 0.2) is 5.82 Å². The van der Waals surface area contributed by atoms with Crippen molar-refractivity contribution in [2.45, 2.75) is 19.3 Å². The fourth-order valence-corrected chi connectivity index (χ4v) is 2.09. The Balaban J connectivity index is 2.01. The van der Waals surface area contributed by atoms with E-state index in [0.717, 1.165) is 22.9 Å². The molecule has 0 amide bonds. The van der Waals surface area contributed by atoms with Gasteiger partial charge in [-0.2, -0.15) is 4.98 Å². The van der Waals surface area contributed by atoms with Gasteiger partial charge in [-0.15, -0.1) is 11.6 Å². The van der Waals surface area contributed by atoms with Crippen molar-refractivity contribution in [2.24, 2.45) is 0 Å². The summed E-state index contributed by atoms with van der Waals surface area (Å²) >= 11 is 9.05. The van der Waals surface area contributed by atoms with Gasteiger partial charge in [0.1, 0.15) is 0 Å². The zero-order chi connectivity index (χ0) is 12.1. The van der Waals surface area contributed by atoms with Gasteiger partial charge in [0.05, 0.1) is 0 Å². The summed E-state index contributed by atoms with van der Waals surface area (Å²) in [6.45, 7) is 0. The van der Waals surface area contributed by atoms with Crippen molar-refractivity contribution in [3.8, 4) is 0 Å². The Kier molecular flexibility index (Phi) is 4.57. The molecule has 0 bridgehead atoms. The maximum Gasteiger partial charge on any atom is 0.226 e. The van der Waals surface area contributed by atoms with E-state index in [9.17, 15) is 0 Å². The smallest absolute Gasteiger partial charge is 0.226 e. The molecule has 0 unspecified atom stereocenters. The van der Waals surface area contributed by atoms with E-state index in [2.05, 4.69) is 32.1 Å². The molecule has 0 fully saturated rings. The van der Waals surface area contributed by atoms with Gasteiger partial charge in [0, 0.05) is 23.2 Å². The lowest BCUT2D eigenvalue weighted by Gasteiger charge is -1.96. The maximum absolute atomic E-state index is 5.61. The molecule has 0 aliphatic carbocycles. The molecule has 5 heteroatoms. The molecular weight excluding hydrogens is 304 g/mol. The molecule has 0 radical (unpaired) electrons. The van der Waals surface area contributed by atoms with Gasteiger partial charge in [0.2, 0.25) is 5.89 Å². The topological polar surface area (TPSA) is 38.9 Å². The van der Waals surface area contributed by atoms with Crippen LogP contribution in [0.2, 0.25) is 0 Å². The van der Waals surface area contributed by atoms with Crippen LogP contribution >= 0.6 is 27.5 Å². The average molecular weight is 316 g/mol. The number of benzene rings is 1. The predicted octanol–water partition coefficient (Wildman–Crippen LogP) is 3.59. The molecular formula is C12H12BrClN2O. The van der Waals surface area contributed by atoms with E-state index in [1.807, 2.05) is 18.2 Å². The Labute approximate surface area is 113 Å². The molecule has 1 aromatic carbocycles. The van der Waals surface area contributed by atoms with Crippen LogP contribution in [0, 0.1) is 0 Å². The quantitative estimate of drug-likeness (QED) is 0.791. The van der Waals surface area contributed by atoms with E-state index in [-0.39, 0.29) is 0 Å². The van der Waals surface area contributed by atoms with E-state index in [4.69, 9.17) is 16.1 Å². The molecule has 1 heterocycles. The number of hydrogen-bond acceptors (Lipinski definition) is 3. The molecule has 3 nitrogen and oxygen atoms in total. The summed E-state index contributed by atoms with van der Waals surface area (Å²) in [6.07, 6.45) is 2.29. The highest BCUT2D eigenvalue weighted by Gasteiger charge is 2.06. The molecule has 0 aliphatic heterocycles. The van der Waals surface area contributed by atoms with Gasteiger partial charge in [-0.1, -0.05) is 33.2 Å². The number of nitrogens with zero attached hydrogens (tertiary/aromatic N) is 2. The number of hydrogen-bond donors (Lipinski definition) is 0. The molecule has 1 aromatic heterocycles. The highest BCUT2D eigenvalue weighted by molar-refractivity contribution is 9.10. The summed E-state index contributed by atoms with van der Waals surface area (Å²) in [5, 5.41) is 3.95. The van der Waals surface area contributed by atoms with Gasteiger partial charge in [-0.3, -0.25) is 0 Å². The zero-order valence-electron chi connectivity index (χ0n) is 9.20. The van der Waals surface area contributed by atoms with Gasteiger partial charge in [-0.05, 0) is 24.1 Å². The molecule has 0 spiro atoms.